The van der Waals surface area contributed by atoms with Crippen LogP contribution in [0.5, 0.6) is 0 Å². The molecule has 0 saturated carbocycles. The Hall–Kier alpha value is -2.54. The van der Waals surface area contributed by atoms with Gasteiger partial charge in [0.2, 0.25) is 11.8 Å². The summed E-state index contributed by atoms with van der Waals surface area (Å²) in [4.78, 5) is 12.1. The second kappa shape index (κ2) is 7.35. The minimum Gasteiger partial charge on any atom is -0.338 e. The first-order chi connectivity index (χ1) is 11.6. The molecular formula is C17H18N4O2S. The highest BCUT2D eigenvalue weighted by Gasteiger charge is 2.16. The van der Waals surface area contributed by atoms with Crippen molar-refractivity contribution in [3.63, 3.8) is 0 Å². The second-order valence-corrected chi connectivity index (χ2v) is 6.69. The van der Waals surface area contributed by atoms with Crippen LogP contribution in [-0.4, -0.2) is 26.1 Å². The summed E-state index contributed by atoms with van der Waals surface area (Å²) in [7, 11) is 0. The van der Waals surface area contributed by atoms with Gasteiger partial charge >= 0.3 is 0 Å². The molecule has 2 aromatic heterocycles. The fourth-order valence-electron chi connectivity index (χ4n) is 2.09. The first kappa shape index (κ1) is 16.3. The van der Waals surface area contributed by atoms with Crippen LogP contribution in [0.4, 0.5) is 5.88 Å². The molecule has 1 aromatic carbocycles. The zero-order valence-electron chi connectivity index (χ0n) is 13.5. The molecule has 0 aliphatic heterocycles. The molecule has 0 aliphatic rings. The zero-order chi connectivity index (χ0) is 16.9. The zero-order valence-corrected chi connectivity index (χ0v) is 14.3. The van der Waals surface area contributed by atoms with E-state index in [-0.39, 0.29) is 11.2 Å². The molecule has 1 amide bonds. The van der Waals surface area contributed by atoms with Gasteiger partial charge < -0.3 is 4.52 Å². The molecule has 0 saturated heterocycles. The number of thioether (sulfide) groups is 1. The maximum atomic E-state index is 12.1. The standard InChI is InChI=1S/C17H18N4O2S/c1-12-10-16(23-20-12)18-17(22)13(2)24-11-14-8-9-21(19-14)15-6-4-3-5-7-15/h3-10,13H,11H2,1-2H3,(H,18,22)/t13-/m0/s1. The first-order valence-electron chi connectivity index (χ1n) is 7.57. The summed E-state index contributed by atoms with van der Waals surface area (Å²) < 4.78 is 6.82. The van der Waals surface area contributed by atoms with Crippen LogP contribution in [0.15, 0.2) is 53.2 Å². The predicted octanol–water partition coefficient (Wildman–Crippen LogP) is 3.43. The number of nitrogens with one attached hydrogen (secondary N) is 1. The summed E-state index contributed by atoms with van der Waals surface area (Å²) in [5.41, 5.74) is 2.68. The lowest BCUT2D eigenvalue weighted by molar-refractivity contribution is -0.115. The largest absolute Gasteiger partial charge is 0.338 e. The number of aryl methyl sites for hydroxylation is 1. The summed E-state index contributed by atoms with van der Waals surface area (Å²) in [6, 6.07) is 13.6. The number of anilines is 1. The normalized spacial score (nSPS) is 12.1. The van der Waals surface area contributed by atoms with Crippen LogP contribution >= 0.6 is 11.8 Å². The molecule has 0 radical (unpaired) electrons. The summed E-state index contributed by atoms with van der Waals surface area (Å²) in [5, 5.41) is 10.8. The fraction of sp³-hybridized carbons (Fsp3) is 0.235. The molecule has 0 aliphatic carbocycles. The summed E-state index contributed by atoms with van der Waals surface area (Å²) in [6.07, 6.45) is 1.92. The van der Waals surface area contributed by atoms with Gasteiger partial charge in [-0.2, -0.15) is 5.10 Å². The number of rotatable bonds is 6. The molecule has 0 unspecified atom stereocenters. The number of aromatic nitrogens is 3. The maximum absolute atomic E-state index is 12.1. The van der Waals surface area contributed by atoms with Crippen LogP contribution in [0.1, 0.15) is 18.3 Å². The highest BCUT2D eigenvalue weighted by atomic mass is 32.2. The fourth-order valence-corrected chi connectivity index (χ4v) is 2.88. The SMILES string of the molecule is Cc1cc(NC(=O)[C@H](C)SCc2ccn(-c3ccccc3)n2)on1. The summed E-state index contributed by atoms with van der Waals surface area (Å²) >= 11 is 1.52. The van der Waals surface area contributed by atoms with Gasteiger partial charge in [0.25, 0.3) is 0 Å². The van der Waals surface area contributed by atoms with Gasteiger partial charge in [-0.15, -0.1) is 11.8 Å². The number of carbonyl (C=O) groups is 1. The van der Waals surface area contributed by atoms with Gasteiger partial charge in [-0.3, -0.25) is 10.1 Å². The molecule has 0 spiro atoms. The number of hydrogen-bond acceptors (Lipinski definition) is 5. The molecule has 0 bridgehead atoms. The molecule has 1 N–H and O–H groups in total. The van der Waals surface area contributed by atoms with Crippen LogP contribution in [0.2, 0.25) is 0 Å². The molecule has 1 atom stereocenters. The van der Waals surface area contributed by atoms with E-state index in [0.717, 1.165) is 17.1 Å². The maximum Gasteiger partial charge on any atom is 0.239 e. The number of benzene rings is 1. The molecule has 6 nitrogen and oxygen atoms in total. The van der Waals surface area contributed by atoms with Crippen molar-refractivity contribution in [2.45, 2.75) is 24.9 Å². The number of amides is 1. The van der Waals surface area contributed by atoms with Crippen molar-refractivity contribution in [2.24, 2.45) is 0 Å². The lowest BCUT2D eigenvalue weighted by atomic mass is 10.3. The third-order valence-corrected chi connectivity index (χ3v) is 4.57. The minimum absolute atomic E-state index is 0.112. The Bertz CT molecular complexity index is 813. The lowest BCUT2D eigenvalue weighted by Crippen LogP contribution is -2.22. The van der Waals surface area contributed by atoms with Crippen LogP contribution in [0.3, 0.4) is 0 Å². The van der Waals surface area contributed by atoms with Crippen molar-refractivity contribution in [3.8, 4) is 5.69 Å². The quantitative estimate of drug-likeness (QED) is 0.743. The Balaban J connectivity index is 1.53. The molecular weight excluding hydrogens is 324 g/mol. The van der Waals surface area contributed by atoms with E-state index in [2.05, 4.69) is 15.6 Å². The van der Waals surface area contributed by atoms with E-state index >= 15 is 0 Å². The molecule has 3 aromatic rings. The smallest absolute Gasteiger partial charge is 0.239 e. The predicted molar refractivity (Wildman–Crippen MR) is 94.2 cm³/mol. The van der Waals surface area contributed by atoms with Crippen molar-refractivity contribution in [1.29, 1.82) is 0 Å². The van der Waals surface area contributed by atoms with Gasteiger partial charge in [0.1, 0.15) is 0 Å². The highest BCUT2D eigenvalue weighted by molar-refractivity contribution is 7.99. The van der Waals surface area contributed by atoms with E-state index in [1.165, 1.54) is 11.8 Å². The Kier molecular flexibility index (Phi) is 5.00. The van der Waals surface area contributed by atoms with Gasteiger partial charge in [0, 0.05) is 18.0 Å². The van der Waals surface area contributed by atoms with Crippen LogP contribution in [-0.2, 0) is 10.5 Å². The molecule has 7 heteroatoms. The highest BCUT2D eigenvalue weighted by Crippen LogP contribution is 2.19. The molecule has 0 fully saturated rings. The summed E-state index contributed by atoms with van der Waals surface area (Å²) in [5.74, 6) is 0.918. The van der Waals surface area contributed by atoms with Gasteiger partial charge in [-0.05, 0) is 32.0 Å². The molecule has 3 rings (SSSR count). The van der Waals surface area contributed by atoms with Gasteiger partial charge in [0.15, 0.2) is 0 Å². The first-order valence-corrected chi connectivity index (χ1v) is 8.62. The molecule has 124 valence electrons. The van der Waals surface area contributed by atoms with Crippen LogP contribution in [0.25, 0.3) is 5.69 Å². The minimum atomic E-state index is -0.225. The van der Waals surface area contributed by atoms with E-state index in [1.54, 1.807) is 13.0 Å². The topological polar surface area (TPSA) is 73.0 Å². The van der Waals surface area contributed by atoms with Gasteiger partial charge in [-0.25, -0.2) is 4.68 Å². The number of para-hydroxylation sites is 1. The van der Waals surface area contributed by atoms with E-state index in [9.17, 15) is 4.79 Å². The molecule has 24 heavy (non-hydrogen) atoms. The Morgan fingerprint density at radius 1 is 1.33 bits per heavy atom. The lowest BCUT2D eigenvalue weighted by Gasteiger charge is -2.09. The monoisotopic (exact) mass is 342 g/mol. The summed E-state index contributed by atoms with van der Waals surface area (Å²) in [6.45, 7) is 3.66. The number of nitrogens with zero attached hydrogens (tertiary/aromatic N) is 3. The van der Waals surface area contributed by atoms with Crippen molar-refractivity contribution in [1.82, 2.24) is 14.9 Å². The van der Waals surface area contributed by atoms with Crippen molar-refractivity contribution in [2.75, 3.05) is 5.32 Å². The van der Waals surface area contributed by atoms with E-state index in [4.69, 9.17) is 4.52 Å². The molecule has 2 heterocycles. The Labute approximate surface area is 144 Å². The number of carbonyl (C=O) groups excluding carboxylic acids is 1. The van der Waals surface area contributed by atoms with Gasteiger partial charge in [-0.1, -0.05) is 23.4 Å². The second-order valence-electron chi connectivity index (χ2n) is 5.36. The van der Waals surface area contributed by atoms with E-state index in [1.807, 2.05) is 54.2 Å². The van der Waals surface area contributed by atoms with Crippen molar-refractivity contribution < 1.29 is 9.32 Å². The Morgan fingerprint density at radius 3 is 2.83 bits per heavy atom. The Morgan fingerprint density at radius 2 is 2.12 bits per heavy atom. The number of hydrogen-bond donors (Lipinski definition) is 1. The third kappa shape index (κ3) is 4.05. The average molecular weight is 342 g/mol. The van der Waals surface area contributed by atoms with Crippen molar-refractivity contribution >= 4 is 23.6 Å². The van der Waals surface area contributed by atoms with Crippen LogP contribution in [0, 0.1) is 6.92 Å². The van der Waals surface area contributed by atoms with E-state index < -0.39 is 0 Å². The average Bonchev–Trinajstić information content (AvgIpc) is 3.22. The van der Waals surface area contributed by atoms with Crippen molar-refractivity contribution in [3.05, 3.63) is 60.0 Å². The van der Waals surface area contributed by atoms with Crippen LogP contribution < -0.4 is 5.32 Å². The van der Waals surface area contributed by atoms with Gasteiger partial charge in [0.05, 0.1) is 22.3 Å². The van der Waals surface area contributed by atoms with E-state index in [0.29, 0.717) is 11.6 Å². The third-order valence-electron chi connectivity index (χ3n) is 3.39.